The number of para-hydroxylation sites is 2. The molecule has 0 aromatic heterocycles. The Labute approximate surface area is 251 Å². The van der Waals surface area contributed by atoms with E-state index in [1.54, 1.807) is 48.5 Å². The summed E-state index contributed by atoms with van der Waals surface area (Å²) in [4.78, 5) is 24.3. The molecule has 0 unspecified atom stereocenters. The molecule has 0 aliphatic rings. The molecule has 44 heavy (non-hydrogen) atoms. The topological polar surface area (TPSA) is 112 Å². The van der Waals surface area contributed by atoms with Crippen LogP contribution in [0.15, 0.2) is 133 Å². The highest BCUT2D eigenvalue weighted by molar-refractivity contribution is 6.04. The molecule has 6 rings (SSSR count). The number of ether oxygens (including phenoxy) is 4. The lowest BCUT2D eigenvalue weighted by Crippen LogP contribution is -2.01. The third-order valence-corrected chi connectivity index (χ3v) is 6.51. The largest absolute Gasteiger partial charge is 0.478 e. The standard InChI is InChI=1S/C36H24O8/c37-35(38)23-18-32-31(33(19-23)43-29-15-7-13-27(21-29)41-25-9-3-1-4-10-25)17-24(36(39)40)20-34(32)44-30-16-8-14-28(22-30)42-26-11-5-2-6-12-26/h1-22H,(H,37,38)(H,39,40). The lowest BCUT2D eigenvalue weighted by molar-refractivity contribution is 0.0685. The average molecular weight is 585 g/mol. The molecule has 0 bridgehead atoms. The Hall–Kier alpha value is -6.28. The van der Waals surface area contributed by atoms with Crippen LogP contribution in [0.1, 0.15) is 20.7 Å². The molecule has 0 aliphatic heterocycles. The summed E-state index contributed by atoms with van der Waals surface area (Å²) in [6, 6.07) is 37.6. The highest BCUT2D eigenvalue weighted by Gasteiger charge is 2.19. The van der Waals surface area contributed by atoms with Crippen LogP contribution in [0, 0.1) is 0 Å². The minimum Gasteiger partial charge on any atom is -0.478 e. The first-order valence-corrected chi connectivity index (χ1v) is 13.5. The molecular weight excluding hydrogens is 560 g/mol. The number of hydrogen-bond acceptors (Lipinski definition) is 6. The molecule has 0 fully saturated rings. The van der Waals surface area contributed by atoms with Gasteiger partial charge in [-0.3, -0.25) is 0 Å². The smallest absolute Gasteiger partial charge is 0.335 e. The second-order valence-corrected chi connectivity index (χ2v) is 9.64. The summed E-state index contributed by atoms with van der Waals surface area (Å²) in [6.07, 6.45) is 0. The number of fused-ring (bicyclic) bond motifs is 1. The van der Waals surface area contributed by atoms with Crippen molar-refractivity contribution < 1.29 is 38.7 Å². The van der Waals surface area contributed by atoms with Crippen molar-refractivity contribution in [2.45, 2.75) is 0 Å². The van der Waals surface area contributed by atoms with Crippen LogP contribution in [0.2, 0.25) is 0 Å². The van der Waals surface area contributed by atoms with Gasteiger partial charge in [-0.15, -0.1) is 0 Å². The van der Waals surface area contributed by atoms with Gasteiger partial charge in [-0.1, -0.05) is 48.5 Å². The van der Waals surface area contributed by atoms with Gasteiger partial charge < -0.3 is 29.2 Å². The molecule has 0 aliphatic carbocycles. The minimum atomic E-state index is -1.19. The number of carbonyl (C=O) groups is 2. The predicted octanol–water partition coefficient (Wildman–Crippen LogP) is 9.41. The summed E-state index contributed by atoms with van der Waals surface area (Å²) in [5.74, 6) is 0.863. The second kappa shape index (κ2) is 12.3. The highest BCUT2D eigenvalue weighted by Crippen LogP contribution is 2.40. The van der Waals surface area contributed by atoms with Gasteiger partial charge >= 0.3 is 11.9 Å². The summed E-state index contributed by atoms with van der Waals surface area (Å²) in [7, 11) is 0. The second-order valence-electron chi connectivity index (χ2n) is 9.64. The molecule has 6 aromatic carbocycles. The minimum absolute atomic E-state index is 0.0710. The molecular formula is C36H24O8. The predicted molar refractivity (Wildman–Crippen MR) is 164 cm³/mol. The van der Waals surface area contributed by atoms with Crippen LogP contribution in [0.25, 0.3) is 10.8 Å². The van der Waals surface area contributed by atoms with Crippen molar-refractivity contribution in [2.24, 2.45) is 0 Å². The molecule has 0 saturated heterocycles. The van der Waals surface area contributed by atoms with E-state index in [1.165, 1.54) is 24.3 Å². The molecule has 8 nitrogen and oxygen atoms in total. The van der Waals surface area contributed by atoms with Crippen LogP contribution < -0.4 is 18.9 Å². The van der Waals surface area contributed by atoms with Gasteiger partial charge in [0.15, 0.2) is 0 Å². The van der Waals surface area contributed by atoms with Crippen molar-refractivity contribution in [3.8, 4) is 46.0 Å². The van der Waals surface area contributed by atoms with E-state index >= 15 is 0 Å². The van der Waals surface area contributed by atoms with Crippen LogP contribution in [0.3, 0.4) is 0 Å². The molecule has 8 heteroatoms. The molecule has 6 aromatic rings. The fourth-order valence-electron chi connectivity index (χ4n) is 4.52. The summed E-state index contributed by atoms with van der Waals surface area (Å²) in [5, 5.41) is 20.5. The molecule has 0 amide bonds. The Bertz CT molecular complexity index is 1830. The maximum absolute atomic E-state index is 12.1. The number of carboxylic acid groups (broad SMARTS) is 2. The van der Waals surface area contributed by atoms with Crippen LogP contribution in [-0.2, 0) is 0 Å². The number of aromatic carboxylic acids is 2. The quantitative estimate of drug-likeness (QED) is 0.164. The number of hydrogen-bond donors (Lipinski definition) is 2. The lowest BCUT2D eigenvalue weighted by Gasteiger charge is -2.16. The average Bonchev–Trinajstić information content (AvgIpc) is 3.02. The zero-order chi connectivity index (χ0) is 30.5. The van der Waals surface area contributed by atoms with E-state index in [4.69, 9.17) is 18.9 Å². The van der Waals surface area contributed by atoms with Crippen molar-refractivity contribution in [1.82, 2.24) is 0 Å². The normalized spacial score (nSPS) is 10.6. The Morgan fingerprint density at radius 3 is 1.09 bits per heavy atom. The molecule has 0 atom stereocenters. The molecule has 0 saturated carbocycles. The number of rotatable bonds is 10. The van der Waals surface area contributed by atoms with Crippen molar-refractivity contribution in [2.75, 3.05) is 0 Å². The summed E-state index contributed by atoms with van der Waals surface area (Å²) < 4.78 is 24.2. The zero-order valence-electron chi connectivity index (χ0n) is 23.0. The van der Waals surface area contributed by atoms with Crippen molar-refractivity contribution in [3.05, 3.63) is 145 Å². The Kier molecular flexibility index (Phi) is 7.79. The van der Waals surface area contributed by atoms with E-state index in [0.29, 0.717) is 45.3 Å². The van der Waals surface area contributed by atoms with Crippen molar-refractivity contribution in [3.63, 3.8) is 0 Å². The van der Waals surface area contributed by atoms with Crippen LogP contribution in [-0.4, -0.2) is 22.2 Å². The summed E-state index contributed by atoms with van der Waals surface area (Å²) >= 11 is 0. The van der Waals surface area contributed by atoms with E-state index in [1.807, 2.05) is 60.7 Å². The summed E-state index contributed by atoms with van der Waals surface area (Å²) in [6.45, 7) is 0. The lowest BCUT2D eigenvalue weighted by atomic mass is 10.0. The Morgan fingerprint density at radius 2 is 0.727 bits per heavy atom. The van der Waals surface area contributed by atoms with Gasteiger partial charge in [-0.2, -0.15) is 0 Å². The monoisotopic (exact) mass is 584 g/mol. The first-order valence-electron chi connectivity index (χ1n) is 13.5. The molecule has 2 N–H and O–H groups in total. The van der Waals surface area contributed by atoms with Crippen molar-refractivity contribution >= 4 is 22.7 Å². The van der Waals surface area contributed by atoms with Gasteiger partial charge in [0.05, 0.1) is 11.1 Å². The van der Waals surface area contributed by atoms with Gasteiger partial charge in [-0.25, -0.2) is 9.59 Å². The van der Waals surface area contributed by atoms with E-state index in [9.17, 15) is 19.8 Å². The van der Waals surface area contributed by atoms with Gasteiger partial charge in [0.25, 0.3) is 0 Å². The van der Waals surface area contributed by atoms with Gasteiger partial charge in [-0.05, 0) is 72.8 Å². The van der Waals surface area contributed by atoms with E-state index in [2.05, 4.69) is 0 Å². The maximum Gasteiger partial charge on any atom is 0.335 e. The molecule has 216 valence electrons. The fraction of sp³-hybridized carbons (Fsp3) is 0. The van der Waals surface area contributed by atoms with Crippen LogP contribution in [0.4, 0.5) is 0 Å². The van der Waals surface area contributed by atoms with Crippen LogP contribution in [0.5, 0.6) is 46.0 Å². The molecule has 0 radical (unpaired) electrons. The van der Waals surface area contributed by atoms with Gasteiger partial charge in [0.2, 0.25) is 0 Å². The van der Waals surface area contributed by atoms with Gasteiger partial charge in [0, 0.05) is 22.9 Å². The van der Waals surface area contributed by atoms with Crippen molar-refractivity contribution in [1.29, 1.82) is 0 Å². The number of carboxylic acids is 2. The van der Waals surface area contributed by atoms with E-state index in [-0.39, 0.29) is 22.6 Å². The van der Waals surface area contributed by atoms with E-state index < -0.39 is 11.9 Å². The SMILES string of the molecule is O=C(O)c1cc(Oc2cccc(Oc3ccccc3)c2)c2cc(C(=O)O)cc(Oc3cccc(Oc4ccccc4)c3)c2c1. The number of benzene rings is 6. The van der Waals surface area contributed by atoms with E-state index in [0.717, 1.165) is 0 Å². The third kappa shape index (κ3) is 6.45. The van der Waals surface area contributed by atoms with Crippen LogP contribution >= 0.6 is 0 Å². The summed E-state index contributed by atoms with van der Waals surface area (Å²) in [5.41, 5.74) is -0.142. The first kappa shape index (κ1) is 27.9. The Morgan fingerprint density at radius 1 is 0.386 bits per heavy atom. The fourth-order valence-corrected chi connectivity index (χ4v) is 4.52. The molecule has 0 spiro atoms. The van der Waals surface area contributed by atoms with Gasteiger partial charge in [0.1, 0.15) is 46.0 Å². The Balaban J connectivity index is 1.39. The maximum atomic E-state index is 12.1. The first-order chi connectivity index (χ1) is 21.4. The third-order valence-electron chi connectivity index (χ3n) is 6.51. The molecule has 0 heterocycles. The zero-order valence-corrected chi connectivity index (χ0v) is 23.0. The highest BCUT2D eigenvalue weighted by atomic mass is 16.5.